The molecule has 0 bridgehead atoms. The highest BCUT2D eigenvalue weighted by atomic mass is 32.2. The molecule has 1 saturated heterocycles. The number of thiazole rings is 1. The zero-order valence-corrected chi connectivity index (χ0v) is 16.8. The number of carbonyl (C=O) groups excluding carboxylic acids is 1. The third kappa shape index (κ3) is 3.86. The van der Waals surface area contributed by atoms with Gasteiger partial charge >= 0.3 is 0 Å². The molecule has 0 N–H and O–H groups in total. The number of hydrogen-bond donors (Lipinski definition) is 0. The van der Waals surface area contributed by atoms with E-state index in [2.05, 4.69) is 4.98 Å². The van der Waals surface area contributed by atoms with Crippen LogP contribution < -0.4 is 0 Å². The van der Waals surface area contributed by atoms with Crippen LogP contribution >= 0.6 is 23.1 Å². The maximum absolute atomic E-state index is 12.7. The number of rotatable bonds is 5. The minimum absolute atomic E-state index is 0.0787. The van der Waals surface area contributed by atoms with E-state index in [1.54, 1.807) is 46.6 Å². The van der Waals surface area contributed by atoms with Crippen molar-refractivity contribution in [2.45, 2.75) is 9.24 Å². The van der Waals surface area contributed by atoms with Gasteiger partial charge in [0.25, 0.3) is 0 Å². The van der Waals surface area contributed by atoms with Gasteiger partial charge in [0, 0.05) is 13.1 Å². The summed E-state index contributed by atoms with van der Waals surface area (Å²) in [5.74, 6) is 0.170. The molecule has 140 valence electrons. The van der Waals surface area contributed by atoms with E-state index in [0.717, 1.165) is 14.6 Å². The van der Waals surface area contributed by atoms with Crippen molar-refractivity contribution in [1.82, 2.24) is 14.2 Å². The molecule has 6 nitrogen and oxygen atoms in total. The molecule has 0 spiro atoms. The Hall–Kier alpha value is -1.94. The van der Waals surface area contributed by atoms with Crippen molar-refractivity contribution in [1.29, 1.82) is 0 Å². The number of carbonyl (C=O) groups is 1. The van der Waals surface area contributed by atoms with Crippen LogP contribution in [0.2, 0.25) is 0 Å². The van der Waals surface area contributed by atoms with E-state index in [0.29, 0.717) is 13.1 Å². The molecule has 2 heterocycles. The van der Waals surface area contributed by atoms with Crippen LogP contribution in [0.5, 0.6) is 0 Å². The average Bonchev–Trinajstić information content (AvgIpc) is 3.34. The van der Waals surface area contributed by atoms with Crippen molar-refractivity contribution >= 4 is 49.2 Å². The van der Waals surface area contributed by atoms with E-state index in [4.69, 9.17) is 0 Å². The van der Waals surface area contributed by atoms with Crippen molar-refractivity contribution in [3.8, 4) is 0 Å². The van der Waals surface area contributed by atoms with Crippen LogP contribution in [0, 0.1) is 0 Å². The first-order chi connectivity index (χ1) is 13.0. The van der Waals surface area contributed by atoms with Gasteiger partial charge in [-0.1, -0.05) is 42.1 Å². The van der Waals surface area contributed by atoms with Crippen LogP contribution in [-0.2, 0) is 14.8 Å². The Morgan fingerprint density at radius 2 is 1.81 bits per heavy atom. The van der Waals surface area contributed by atoms with Crippen molar-refractivity contribution in [2.75, 3.05) is 25.5 Å². The molecule has 0 atom stereocenters. The Morgan fingerprint density at radius 1 is 1.07 bits per heavy atom. The van der Waals surface area contributed by atoms with Crippen molar-refractivity contribution in [3.05, 3.63) is 54.6 Å². The molecule has 9 heteroatoms. The third-order valence-electron chi connectivity index (χ3n) is 4.27. The second-order valence-corrected chi connectivity index (χ2v) is 10.2. The smallest absolute Gasteiger partial charge is 0.244 e. The Morgan fingerprint density at radius 3 is 2.59 bits per heavy atom. The molecule has 0 radical (unpaired) electrons. The fourth-order valence-corrected chi connectivity index (χ4v) is 6.22. The van der Waals surface area contributed by atoms with Gasteiger partial charge in [0.15, 0.2) is 4.34 Å². The van der Waals surface area contributed by atoms with Crippen LogP contribution in [0.1, 0.15) is 0 Å². The fourth-order valence-electron chi connectivity index (χ4n) is 2.83. The molecule has 1 aromatic heterocycles. The summed E-state index contributed by atoms with van der Waals surface area (Å²) >= 11 is 2.95. The van der Waals surface area contributed by atoms with Crippen LogP contribution in [0.3, 0.4) is 0 Å². The second-order valence-electron chi connectivity index (χ2n) is 6.03. The summed E-state index contributed by atoms with van der Waals surface area (Å²) in [4.78, 5) is 18.8. The van der Waals surface area contributed by atoms with E-state index in [9.17, 15) is 13.2 Å². The Balaban J connectivity index is 1.38. The maximum atomic E-state index is 12.7. The van der Waals surface area contributed by atoms with Crippen LogP contribution in [0.25, 0.3) is 10.2 Å². The number of benzene rings is 2. The van der Waals surface area contributed by atoms with Gasteiger partial charge in [-0.25, -0.2) is 13.4 Å². The molecule has 1 fully saturated rings. The van der Waals surface area contributed by atoms with Gasteiger partial charge in [-0.2, -0.15) is 4.31 Å². The monoisotopic (exact) mass is 419 g/mol. The van der Waals surface area contributed by atoms with Crippen LogP contribution in [0.15, 0.2) is 63.8 Å². The number of hydrogen-bond acceptors (Lipinski definition) is 6. The third-order valence-corrected chi connectivity index (χ3v) is 8.28. The van der Waals surface area contributed by atoms with E-state index >= 15 is 0 Å². The lowest BCUT2D eigenvalue weighted by Crippen LogP contribution is -2.34. The topological polar surface area (TPSA) is 70.6 Å². The van der Waals surface area contributed by atoms with Gasteiger partial charge in [0.2, 0.25) is 15.9 Å². The first-order valence-electron chi connectivity index (χ1n) is 8.35. The Bertz CT molecular complexity index is 1030. The largest absolute Gasteiger partial charge is 0.327 e. The number of nitrogens with zero attached hydrogens (tertiary/aromatic N) is 3. The predicted octanol–water partition coefficient (Wildman–Crippen LogP) is 2.88. The average molecular weight is 420 g/mol. The summed E-state index contributed by atoms with van der Waals surface area (Å²) < 4.78 is 28.6. The summed E-state index contributed by atoms with van der Waals surface area (Å²) in [6, 6.07) is 16.2. The zero-order chi connectivity index (χ0) is 18.9. The predicted molar refractivity (Wildman–Crippen MR) is 107 cm³/mol. The highest BCUT2D eigenvalue weighted by molar-refractivity contribution is 8.01. The van der Waals surface area contributed by atoms with Crippen molar-refractivity contribution < 1.29 is 13.2 Å². The SMILES string of the molecule is O=C(CSc1nc2ccccc2s1)N1CCN(S(=O)(=O)c2ccccc2)C1. The summed E-state index contributed by atoms with van der Waals surface area (Å²) in [6.45, 7) is 0.816. The van der Waals surface area contributed by atoms with Gasteiger partial charge in [-0.15, -0.1) is 11.3 Å². The maximum Gasteiger partial charge on any atom is 0.244 e. The molecule has 27 heavy (non-hydrogen) atoms. The molecule has 0 unspecified atom stereocenters. The lowest BCUT2D eigenvalue weighted by atomic mass is 10.3. The summed E-state index contributed by atoms with van der Waals surface area (Å²) in [5.41, 5.74) is 0.929. The van der Waals surface area contributed by atoms with Crippen LogP contribution in [0.4, 0.5) is 0 Å². The summed E-state index contributed by atoms with van der Waals surface area (Å²) in [5, 5.41) is 0. The minimum atomic E-state index is -3.57. The minimum Gasteiger partial charge on any atom is -0.327 e. The van der Waals surface area contributed by atoms with Crippen molar-refractivity contribution in [2.24, 2.45) is 0 Å². The molecule has 2 aromatic carbocycles. The summed E-state index contributed by atoms with van der Waals surface area (Å²) in [7, 11) is -3.57. The zero-order valence-electron chi connectivity index (χ0n) is 14.3. The van der Waals surface area contributed by atoms with Crippen molar-refractivity contribution in [3.63, 3.8) is 0 Å². The van der Waals surface area contributed by atoms with Gasteiger partial charge in [-0.3, -0.25) is 4.79 Å². The number of sulfonamides is 1. The normalized spacial score (nSPS) is 15.5. The molecular weight excluding hydrogens is 402 g/mol. The lowest BCUT2D eigenvalue weighted by molar-refractivity contribution is -0.127. The number of aromatic nitrogens is 1. The first kappa shape index (κ1) is 18.4. The number of fused-ring (bicyclic) bond motifs is 1. The van der Waals surface area contributed by atoms with Gasteiger partial charge < -0.3 is 4.90 Å². The van der Waals surface area contributed by atoms with E-state index < -0.39 is 10.0 Å². The lowest BCUT2D eigenvalue weighted by Gasteiger charge is -2.18. The number of thioether (sulfide) groups is 1. The molecule has 1 aliphatic rings. The highest BCUT2D eigenvalue weighted by Crippen LogP contribution is 2.29. The van der Waals surface area contributed by atoms with Gasteiger partial charge in [0.05, 0.1) is 27.5 Å². The number of para-hydroxylation sites is 1. The van der Waals surface area contributed by atoms with Crippen LogP contribution in [-0.4, -0.2) is 54.0 Å². The standard InChI is InChI=1S/C18H17N3O3S3/c22-17(12-25-18-19-15-8-4-5-9-16(15)26-18)20-10-11-21(13-20)27(23,24)14-6-2-1-3-7-14/h1-9H,10-13H2. The highest BCUT2D eigenvalue weighted by Gasteiger charge is 2.33. The molecular formula is C18H17N3O3S3. The molecule has 3 aromatic rings. The Labute approximate surface area is 165 Å². The second kappa shape index (κ2) is 7.59. The molecule has 1 amide bonds. The van der Waals surface area contributed by atoms with E-state index in [1.165, 1.54) is 16.1 Å². The first-order valence-corrected chi connectivity index (χ1v) is 11.6. The Kier molecular flexibility index (Phi) is 5.18. The molecule has 0 saturated carbocycles. The van der Waals surface area contributed by atoms with Gasteiger partial charge in [0.1, 0.15) is 0 Å². The molecule has 1 aliphatic heterocycles. The molecule has 0 aliphatic carbocycles. The van der Waals surface area contributed by atoms with E-state index in [1.807, 2.05) is 24.3 Å². The fraction of sp³-hybridized carbons (Fsp3) is 0.222. The van der Waals surface area contributed by atoms with E-state index in [-0.39, 0.29) is 23.2 Å². The summed E-state index contributed by atoms with van der Waals surface area (Å²) in [6.07, 6.45) is 0. The van der Waals surface area contributed by atoms with Gasteiger partial charge in [-0.05, 0) is 24.3 Å². The number of amides is 1. The molecule has 4 rings (SSSR count). The quantitative estimate of drug-likeness (QED) is 0.595.